The van der Waals surface area contributed by atoms with Gasteiger partial charge in [0.2, 0.25) is 0 Å². The van der Waals surface area contributed by atoms with Crippen LogP contribution in [0.1, 0.15) is 5.56 Å². The van der Waals surface area contributed by atoms with Crippen molar-refractivity contribution < 1.29 is 8.78 Å². The van der Waals surface area contributed by atoms with E-state index in [9.17, 15) is 8.78 Å². The molecule has 0 saturated carbocycles. The predicted octanol–water partition coefficient (Wildman–Crippen LogP) is 4.73. The Morgan fingerprint density at radius 3 is 2.68 bits per heavy atom. The monoisotopic (exact) mass is 321 g/mol. The minimum Gasteiger partial charge on any atom is -0.343 e. The van der Waals surface area contributed by atoms with Crippen molar-refractivity contribution in [1.82, 2.24) is 4.57 Å². The number of fused-ring (bicyclic) bond motifs is 1. The Labute approximate surface area is 117 Å². The van der Waals surface area contributed by atoms with Gasteiger partial charge >= 0.3 is 0 Å². The first-order valence-corrected chi connectivity index (χ1v) is 6.61. The maximum atomic E-state index is 13.6. The Morgan fingerprint density at radius 1 is 1.00 bits per heavy atom. The highest BCUT2D eigenvalue weighted by Gasteiger charge is 2.07. The number of nitrogens with zero attached hydrogens (tertiary/aromatic N) is 1. The molecule has 3 aromatic rings. The van der Waals surface area contributed by atoms with E-state index in [1.165, 1.54) is 6.07 Å². The Balaban J connectivity index is 2.03. The molecule has 2 aromatic carbocycles. The summed E-state index contributed by atoms with van der Waals surface area (Å²) in [6.07, 6.45) is 1.88. The molecule has 0 aliphatic heterocycles. The van der Waals surface area contributed by atoms with E-state index >= 15 is 0 Å². The number of hydrogen-bond acceptors (Lipinski definition) is 0. The van der Waals surface area contributed by atoms with Gasteiger partial charge in [0.1, 0.15) is 11.6 Å². The molecule has 19 heavy (non-hydrogen) atoms. The summed E-state index contributed by atoms with van der Waals surface area (Å²) in [5.41, 5.74) is 1.34. The van der Waals surface area contributed by atoms with Gasteiger partial charge in [-0.25, -0.2) is 8.78 Å². The minimum absolute atomic E-state index is 0.314. The lowest BCUT2D eigenvalue weighted by Gasteiger charge is -2.07. The fourth-order valence-electron chi connectivity index (χ4n) is 2.16. The molecule has 0 fully saturated rings. The van der Waals surface area contributed by atoms with Crippen molar-refractivity contribution in [2.24, 2.45) is 0 Å². The zero-order chi connectivity index (χ0) is 13.4. The van der Waals surface area contributed by atoms with E-state index in [1.54, 1.807) is 0 Å². The van der Waals surface area contributed by atoms with Gasteiger partial charge in [-0.05, 0) is 42.5 Å². The minimum atomic E-state index is -0.421. The summed E-state index contributed by atoms with van der Waals surface area (Å²) in [5, 5.41) is 1.06. The second-order valence-electron chi connectivity index (χ2n) is 4.38. The molecule has 0 bridgehead atoms. The van der Waals surface area contributed by atoms with Gasteiger partial charge in [0.15, 0.2) is 0 Å². The molecular weight excluding hydrogens is 312 g/mol. The third kappa shape index (κ3) is 2.40. The third-order valence-corrected chi connectivity index (χ3v) is 3.57. The van der Waals surface area contributed by atoms with Crippen molar-refractivity contribution in [2.45, 2.75) is 6.54 Å². The van der Waals surface area contributed by atoms with Crippen molar-refractivity contribution in [3.8, 4) is 0 Å². The van der Waals surface area contributed by atoms with Gasteiger partial charge in [-0.3, -0.25) is 0 Å². The summed E-state index contributed by atoms with van der Waals surface area (Å²) in [5.74, 6) is -0.809. The number of rotatable bonds is 2. The quantitative estimate of drug-likeness (QED) is 0.643. The molecule has 4 heteroatoms. The molecule has 0 atom stereocenters. The van der Waals surface area contributed by atoms with Crippen LogP contribution in [0.4, 0.5) is 8.78 Å². The maximum Gasteiger partial charge on any atom is 0.128 e. The maximum absolute atomic E-state index is 13.6. The zero-order valence-corrected chi connectivity index (χ0v) is 11.5. The van der Waals surface area contributed by atoms with E-state index < -0.39 is 5.82 Å². The Morgan fingerprint density at radius 2 is 1.84 bits per heavy atom. The summed E-state index contributed by atoms with van der Waals surface area (Å²) in [6, 6.07) is 11.4. The number of aromatic nitrogens is 1. The van der Waals surface area contributed by atoms with Crippen LogP contribution in [0, 0.1) is 11.6 Å². The molecule has 1 heterocycles. The average Bonchev–Trinajstić information content (AvgIpc) is 2.76. The van der Waals surface area contributed by atoms with Crippen LogP contribution in [-0.2, 0) is 6.54 Å². The number of halogens is 3. The molecule has 0 radical (unpaired) electrons. The van der Waals surface area contributed by atoms with Gasteiger partial charge in [0.05, 0.1) is 6.54 Å². The highest BCUT2D eigenvalue weighted by Crippen LogP contribution is 2.22. The van der Waals surface area contributed by atoms with E-state index in [0.29, 0.717) is 12.1 Å². The Kier molecular flexibility index (Phi) is 3.11. The normalized spacial score (nSPS) is 11.1. The first kappa shape index (κ1) is 12.4. The molecule has 96 valence electrons. The second-order valence-corrected chi connectivity index (χ2v) is 5.30. The van der Waals surface area contributed by atoms with Crippen LogP contribution in [0.25, 0.3) is 10.9 Å². The van der Waals surface area contributed by atoms with Crippen molar-refractivity contribution in [3.63, 3.8) is 0 Å². The second kappa shape index (κ2) is 4.78. The van der Waals surface area contributed by atoms with Crippen molar-refractivity contribution in [2.75, 3.05) is 0 Å². The van der Waals surface area contributed by atoms with E-state index in [0.717, 1.165) is 27.5 Å². The van der Waals surface area contributed by atoms with E-state index in [2.05, 4.69) is 15.9 Å². The van der Waals surface area contributed by atoms with Crippen LogP contribution < -0.4 is 0 Å². The van der Waals surface area contributed by atoms with Crippen LogP contribution in [-0.4, -0.2) is 4.57 Å². The summed E-state index contributed by atoms with van der Waals surface area (Å²) < 4.78 is 29.7. The zero-order valence-electron chi connectivity index (χ0n) is 9.91. The molecule has 0 aliphatic rings. The van der Waals surface area contributed by atoms with E-state index in [4.69, 9.17) is 0 Å². The SMILES string of the molecule is Fc1ccc(F)c(Cn2ccc3cc(Br)ccc32)c1. The lowest BCUT2D eigenvalue weighted by atomic mass is 10.2. The molecule has 1 nitrogen and oxygen atoms in total. The lowest BCUT2D eigenvalue weighted by Crippen LogP contribution is -2.01. The topological polar surface area (TPSA) is 4.93 Å². The van der Waals surface area contributed by atoms with Crippen LogP contribution in [0.2, 0.25) is 0 Å². The van der Waals surface area contributed by atoms with Gasteiger partial charge in [0, 0.05) is 27.1 Å². The standard InChI is InChI=1S/C15H10BrF2N/c16-12-1-4-15-10(7-12)5-6-19(15)9-11-8-13(17)2-3-14(11)18/h1-8H,9H2. The predicted molar refractivity (Wildman–Crippen MR) is 75.1 cm³/mol. The first-order chi connectivity index (χ1) is 9.13. The third-order valence-electron chi connectivity index (χ3n) is 3.08. The van der Waals surface area contributed by atoms with Crippen molar-refractivity contribution in [3.05, 3.63) is 70.3 Å². The smallest absolute Gasteiger partial charge is 0.128 e. The highest BCUT2D eigenvalue weighted by molar-refractivity contribution is 9.10. The number of benzene rings is 2. The summed E-state index contributed by atoms with van der Waals surface area (Å²) in [6.45, 7) is 0.314. The molecule has 1 aromatic heterocycles. The van der Waals surface area contributed by atoms with Gasteiger partial charge in [-0.2, -0.15) is 0 Å². The van der Waals surface area contributed by atoms with Crippen LogP contribution in [0.3, 0.4) is 0 Å². The van der Waals surface area contributed by atoms with Crippen LogP contribution in [0.15, 0.2) is 53.1 Å². The first-order valence-electron chi connectivity index (χ1n) is 5.82. The van der Waals surface area contributed by atoms with Crippen LogP contribution >= 0.6 is 15.9 Å². The molecule has 0 N–H and O–H groups in total. The molecular formula is C15H10BrF2N. The fourth-order valence-corrected chi connectivity index (χ4v) is 2.54. The van der Waals surface area contributed by atoms with Crippen molar-refractivity contribution in [1.29, 1.82) is 0 Å². The summed E-state index contributed by atoms with van der Waals surface area (Å²) >= 11 is 3.41. The van der Waals surface area contributed by atoms with Gasteiger partial charge in [0.25, 0.3) is 0 Å². The summed E-state index contributed by atoms with van der Waals surface area (Å²) in [7, 11) is 0. The molecule has 3 rings (SSSR count). The van der Waals surface area contributed by atoms with Crippen LogP contribution in [0.5, 0.6) is 0 Å². The fraction of sp³-hybridized carbons (Fsp3) is 0.0667. The van der Waals surface area contributed by atoms with Gasteiger partial charge in [-0.1, -0.05) is 15.9 Å². The molecule has 0 saturated heterocycles. The Hall–Kier alpha value is -1.68. The molecule has 0 aliphatic carbocycles. The molecule has 0 spiro atoms. The van der Waals surface area contributed by atoms with E-state index in [-0.39, 0.29) is 5.82 Å². The largest absolute Gasteiger partial charge is 0.343 e. The van der Waals surface area contributed by atoms with E-state index in [1.807, 2.05) is 35.0 Å². The molecule has 0 unspecified atom stereocenters. The van der Waals surface area contributed by atoms with Gasteiger partial charge in [-0.15, -0.1) is 0 Å². The Bertz CT molecular complexity index is 749. The molecule has 0 amide bonds. The highest BCUT2D eigenvalue weighted by atomic mass is 79.9. The summed E-state index contributed by atoms with van der Waals surface area (Å²) in [4.78, 5) is 0. The average molecular weight is 322 g/mol. The lowest BCUT2D eigenvalue weighted by molar-refractivity contribution is 0.579. The van der Waals surface area contributed by atoms with Gasteiger partial charge < -0.3 is 4.57 Å². The number of hydrogen-bond donors (Lipinski definition) is 0. The van der Waals surface area contributed by atoms with Crippen molar-refractivity contribution >= 4 is 26.8 Å².